The van der Waals surface area contributed by atoms with E-state index in [1.807, 2.05) is 4.90 Å². The fourth-order valence-corrected chi connectivity index (χ4v) is 1.45. The van der Waals surface area contributed by atoms with E-state index < -0.39 is 0 Å². The highest BCUT2D eigenvalue weighted by Gasteiger charge is 2.06. The van der Waals surface area contributed by atoms with E-state index in [1.165, 1.54) is 0 Å². The van der Waals surface area contributed by atoms with Crippen molar-refractivity contribution in [1.82, 2.24) is 31.5 Å². The molecule has 116 valence electrons. The lowest BCUT2D eigenvalue weighted by Gasteiger charge is -2.22. The molecule has 0 saturated heterocycles. The molecule has 0 aromatic carbocycles. The van der Waals surface area contributed by atoms with E-state index >= 15 is 0 Å². The van der Waals surface area contributed by atoms with Gasteiger partial charge in [0, 0.05) is 53.4 Å². The summed E-state index contributed by atoms with van der Waals surface area (Å²) in [4.78, 5) is 34.3. The quantitative estimate of drug-likeness (QED) is 0.234. The largest absolute Gasteiger partial charge is 0.357 e. The molecular formula is C11H24N6O3. The Morgan fingerprint density at radius 3 is 1.75 bits per heavy atom. The molecule has 0 rings (SSSR count). The average molecular weight is 288 g/mol. The lowest BCUT2D eigenvalue weighted by molar-refractivity contribution is -0.109. The summed E-state index contributed by atoms with van der Waals surface area (Å²) in [5, 5.41) is 12.9. The van der Waals surface area contributed by atoms with Gasteiger partial charge in [0.25, 0.3) is 0 Å². The van der Waals surface area contributed by atoms with Crippen LogP contribution in [0.25, 0.3) is 0 Å². The summed E-state index contributed by atoms with van der Waals surface area (Å²) in [7, 11) is 3.10. The van der Waals surface area contributed by atoms with E-state index in [9.17, 15) is 14.4 Å². The summed E-state index contributed by atoms with van der Waals surface area (Å²) in [6, 6.07) is -0.473. The van der Waals surface area contributed by atoms with Gasteiger partial charge >= 0.3 is 12.1 Å². The molecule has 0 aromatic rings. The van der Waals surface area contributed by atoms with Crippen LogP contribution >= 0.6 is 0 Å². The molecule has 20 heavy (non-hydrogen) atoms. The summed E-state index contributed by atoms with van der Waals surface area (Å²) in [6.07, 6.45) is 0.643. The smallest absolute Gasteiger partial charge is 0.314 e. The van der Waals surface area contributed by atoms with Gasteiger partial charge in [0.2, 0.25) is 6.41 Å². The first-order valence-electron chi connectivity index (χ1n) is 6.44. The minimum absolute atomic E-state index is 0.237. The van der Waals surface area contributed by atoms with Crippen molar-refractivity contribution in [3.63, 3.8) is 0 Å². The van der Waals surface area contributed by atoms with Crippen LogP contribution in [0.15, 0.2) is 0 Å². The first-order chi connectivity index (χ1) is 9.63. The summed E-state index contributed by atoms with van der Waals surface area (Å²) >= 11 is 0. The molecule has 0 aromatic heterocycles. The molecule has 0 fully saturated rings. The van der Waals surface area contributed by atoms with Crippen molar-refractivity contribution in [1.29, 1.82) is 0 Å². The monoisotopic (exact) mass is 288 g/mol. The molecule has 9 nitrogen and oxygen atoms in total. The molecule has 0 radical (unpaired) electrons. The van der Waals surface area contributed by atoms with Crippen LogP contribution in [0.2, 0.25) is 0 Å². The Bertz CT molecular complexity index is 278. The van der Waals surface area contributed by atoms with Crippen molar-refractivity contribution in [2.24, 2.45) is 0 Å². The highest BCUT2D eigenvalue weighted by atomic mass is 16.2. The van der Waals surface area contributed by atoms with Crippen LogP contribution in [0, 0.1) is 0 Å². The normalized spacial score (nSPS) is 9.75. The highest BCUT2D eigenvalue weighted by molar-refractivity contribution is 5.73. The zero-order valence-corrected chi connectivity index (χ0v) is 12.0. The number of amides is 5. The van der Waals surface area contributed by atoms with Gasteiger partial charge in [0.1, 0.15) is 0 Å². The van der Waals surface area contributed by atoms with Crippen molar-refractivity contribution < 1.29 is 14.4 Å². The van der Waals surface area contributed by atoms with E-state index in [4.69, 9.17) is 0 Å². The number of carbonyl (C=O) groups is 3. The maximum Gasteiger partial charge on any atom is 0.314 e. The molecule has 5 amide bonds. The Kier molecular flexibility index (Phi) is 10.8. The SMILES string of the molecule is CNC(=O)NCCN(CCNC=O)CCNC(=O)NC. The molecule has 0 aliphatic carbocycles. The molecule has 5 N–H and O–H groups in total. The van der Waals surface area contributed by atoms with Crippen LogP contribution in [-0.2, 0) is 4.79 Å². The molecular weight excluding hydrogens is 264 g/mol. The Morgan fingerprint density at radius 1 is 0.900 bits per heavy atom. The zero-order valence-electron chi connectivity index (χ0n) is 12.0. The maximum absolute atomic E-state index is 11.0. The molecule has 0 spiro atoms. The molecule has 0 unspecified atom stereocenters. The van der Waals surface area contributed by atoms with Crippen molar-refractivity contribution >= 4 is 18.5 Å². The summed E-state index contributed by atoms with van der Waals surface area (Å²) in [6.45, 7) is 3.39. The number of hydrogen-bond donors (Lipinski definition) is 5. The maximum atomic E-state index is 11.0. The minimum Gasteiger partial charge on any atom is -0.357 e. The number of nitrogens with one attached hydrogen (secondary N) is 5. The lowest BCUT2D eigenvalue weighted by Crippen LogP contribution is -2.44. The van der Waals surface area contributed by atoms with Gasteiger partial charge in [-0.25, -0.2) is 9.59 Å². The number of hydrogen-bond acceptors (Lipinski definition) is 4. The van der Waals surface area contributed by atoms with E-state index in [-0.39, 0.29) is 12.1 Å². The van der Waals surface area contributed by atoms with Gasteiger partial charge in [-0.2, -0.15) is 0 Å². The highest BCUT2D eigenvalue weighted by Crippen LogP contribution is 1.85. The second-order valence-electron chi connectivity index (χ2n) is 3.93. The van der Waals surface area contributed by atoms with Gasteiger partial charge in [-0.3, -0.25) is 9.69 Å². The van der Waals surface area contributed by atoms with Gasteiger partial charge in [0.05, 0.1) is 0 Å². The number of nitrogens with zero attached hydrogens (tertiary/aromatic N) is 1. The van der Waals surface area contributed by atoms with Gasteiger partial charge < -0.3 is 26.6 Å². The Labute approximate surface area is 118 Å². The van der Waals surface area contributed by atoms with Gasteiger partial charge in [0.15, 0.2) is 0 Å². The number of carbonyl (C=O) groups excluding carboxylic acids is 3. The lowest BCUT2D eigenvalue weighted by atomic mass is 10.4. The Morgan fingerprint density at radius 2 is 1.35 bits per heavy atom. The van der Waals surface area contributed by atoms with Crippen molar-refractivity contribution in [2.45, 2.75) is 0 Å². The number of rotatable bonds is 10. The van der Waals surface area contributed by atoms with E-state index in [1.54, 1.807) is 14.1 Å². The van der Waals surface area contributed by atoms with Gasteiger partial charge in [-0.1, -0.05) is 0 Å². The first kappa shape index (κ1) is 18.0. The average Bonchev–Trinajstić information content (AvgIpc) is 2.46. The third kappa shape index (κ3) is 9.95. The van der Waals surface area contributed by atoms with Crippen LogP contribution in [-0.4, -0.2) is 76.7 Å². The molecule has 0 heterocycles. The second-order valence-corrected chi connectivity index (χ2v) is 3.93. The van der Waals surface area contributed by atoms with Crippen molar-refractivity contribution in [3.05, 3.63) is 0 Å². The van der Waals surface area contributed by atoms with Crippen molar-refractivity contribution in [2.75, 3.05) is 53.4 Å². The van der Waals surface area contributed by atoms with E-state index in [0.29, 0.717) is 45.7 Å². The van der Waals surface area contributed by atoms with Crippen molar-refractivity contribution in [3.8, 4) is 0 Å². The Balaban J connectivity index is 3.95. The predicted molar refractivity (Wildman–Crippen MR) is 75.4 cm³/mol. The minimum atomic E-state index is -0.237. The first-order valence-corrected chi connectivity index (χ1v) is 6.44. The molecule has 0 aliphatic heterocycles. The van der Waals surface area contributed by atoms with E-state index in [0.717, 1.165) is 0 Å². The summed E-state index contributed by atoms with van der Waals surface area (Å²) in [5.41, 5.74) is 0. The van der Waals surface area contributed by atoms with Crippen LogP contribution in [0.3, 0.4) is 0 Å². The standard InChI is InChI=1S/C11H24N6O3/c1-12-10(19)15-4-7-17(6-3-14-9-18)8-5-16-11(20)13-2/h9H,3-8H2,1-2H3,(H,14,18)(H2,12,15,19)(H2,13,16,20). The van der Waals surface area contributed by atoms with Crippen LogP contribution in [0.5, 0.6) is 0 Å². The molecule has 0 bridgehead atoms. The fraction of sp³-hybridized carbons (Fsp3) is 0.727. The topological polar surface area (TPSA) is 115 Å². The van der Waals surface area contributed by atoms with E-state index in [2.05, 4.69) is 26.6 Å². The Hall–Kier alpha value is -2.03. The predicted octanol–water partition coefficient (Wildman–Crippen LogP) is -2.11. The van der Waals surface area contributed by atoms with Crippen LogP contribution in [0.1, 0.15) is 0 Å². The van der Waals surface area contributed by atoms with Crippen LogP contribution in [0.4, 0.5) is 9.59 Å². The second kappa shape index (κ2) is 12.0. The third-order valence-corrected chi connectivity index (χ3v) is 2.54. The summed E-state index contributed by atoms with van der Waals surface area (Å²) < 4.78 is 0. The fourth-order valence-electron chi connectivity index (χ4n) is 1.45. The zero-order chi connectivity index (χ0) is 15.2. The molecule has 0 aliphatic rings. The third-order valence-electron chi connectivity index (χ3n) is 2.54. The van der Waals surface area contributed by atoms with Gasteiger partial charge in [-0.05, 0) is 0 Å². The number of urea groups is 2. The molecule has 9 heteroatoms. The summed E-state index contributed by atoms with van der Waals surface area (Å²) in [5.74, 6) is 0. The molecule has 0 atom stereocenters. The molecule has 0 saturated carbocycles. The van der Waals surface area contributed by atoms with Gasteiger partial charge in [-0.15, -0.1) is 0 Å². The van der Waals surface area contributed by atoms with Crippen LogP contribution < -0.4 is 26.6 Å².